The second kappa shape index (κ2) is 10.4. The highest BCUT2D eigenvalue weighted by atomic mass is 79.9. The van der Waals surface area contributed by atoms with Crippen molar-refractivity contribution < 1.29 is 22.4 Å². The quantitative estimate of drug-likeness (QED) is 0.191. The Morgan fingerprint density at radius 2 is 1.71 bits per heavy atom. The molecule has 1 heterocycles. The summed E-state index contributed by atoms with van der Waals surface area (Å²) in [4.78, 5) is 12.5. The van der Waals surface area contributed by atoms with Crippen LogP contribution >= 0.6 is 39.3 Å². The second-order valence-electron chi connectivity index (χ2n) is 7.15. The maximum absolute atomic E-state index is 13.5. The van der Waals surface area contributed by atoms with E-state index in [4.69, 9.17) is 11.6 Å². The standard InChI is InChI=1S/C23H14BrClF4N4OS/c24-14-3-10-19(18(11-14)23(27,28)29)30-20(34)12-35-22-32-31-21(13-1-4-15(25)5-2-13)33(22)17-8-6-16(26)7-9-17/h1-11H,12H2,(H,30,34). The summed E-state index contributed by atoms with van der Waals surface area (Å²) in [6.07, 6.45) is -4.64. The Labute approximate surface area is 214 Å². The number of amides is 1. The zero-order valence-electron chi connectivity index (χ0n) is 17.5. The van der Waals surface area contributed by atoms with E-state index < -0.39 is 23.5 Å². The molecule has 4 aromatic rings. The number of thioether (sulfide) groups is 1. The van der Waals surface area contributed by atoms with Gasteiger partial charge >= 0.3 is 6.18 Å². The molecular weight excluding hydrogens is 572 g/mol. The topological polar surface area (TPSA) is 59.8 Å². The van der Waals surface area contributed by atoms with Crippen molar-refractivity contribution in [2.45, 2.75) is 11.3 Å². The van der Waals surface area contributed by atoms with Gasteiger partial charge in [-0.1, -0.05) is 39.3 Å². The van der Waals surface area contributed by atoms with Crippen LogP contribution in [0.1, 0.15) is 5.56 Å². The van der Waals surface area contributed by atoms with Crippen LogP contribution in [-0.4, -0.2) is 26.4 Å². The molecule has 0 aliphatic carbocycles. The molecule has 5 nitrogen and oxygen atoms in total. The van der Waals surface area contributed by atoms with Crippen LogP contribution in [-0.2, 0) is 11.0 Å². The molecule has 0 aliphatic rings. The molecule has 0 saturated carbocycles. The number of carbonyl (C=O) groups is 1. The second-order valence-corrected chi connectivity index (χ2v) is 9.44. The van der Waals surface area contributed by atoms with E-state index in [0.29, 0.717) is 27.3 Å². The van der Waals surface area contributed by atoms with Crippen LogP contribution < -0.4 is 5.32 Å². The fourth-order valence-corrected chi connectivity index (χ4v) is 4.39. The summed E-state index contributed by atoms with van der Waals surface area (Å²) in [5.41, 5.74) is -0.110. The third kappa shape index (κ3) is 6.03. The summed E-state index contributed by atoms with van der Waals surface area (Å²) in [6, 6.07) is 15.9. The van der Waals surface area contributed by atoms with Gasteiger partial charge in [-0.05, 0) is 66.7 Å². The van der Waals surface area contributed by atoms with E-state index in [9.17, 15) is 22.4 Å². The molecule has 4 rings (SSSR count). The molecule has 3 aromatic carbocycles. The zero-order chi connectivity index (χ0) is 25.2. The average molecular weight is 586 g/mol. The predicted octanol–water partition coefficient (Wildman–Crippen LogP) is 7.24. The van der Waals surface area contributed by atoms with Crippen LogP contribution in [0.15, 0.2) is 76.4 Å². The van der Waals surface area contributed by atoms with Gasteiger partial charge < -0.3 is 5.32 Å². The van der Waals surface area contributed by atoms with E-state index in [-0.39, 0.29) is 15.9 Å². The monoisotopic (exact) mass is 584 g/mol. The normalized spacial score (nSPS) is 11.5. The summed E-state index contributed by atoms with van der Waals surface area (Å²) in [5.74, 6) is -0.917. The van der Waals surface area contributed by atoms with Gasteiger partial charge in [-0.3, -0.25) is 9.36 Å². The van der Waals surface area contributed by atoms with E-state index in [0.717, 1.165) is 17.8 Å². The number of hydrogen-bond donors (Lipinski definition) is 1. The molecule has 1 N–H and O–H groups in total. The summed E-state index contributed by atoms with van der Waals surface area (Å²) in [5, 5.41) is 11.5. The molecule has 0 aliphatic heterocycles. The molecule has 0 atom stereocenters. The highest BCUT2D eigenvalue weighted by molar-refractivity contribution is 9.10. The lowest BCUT2D eigenvalue weighted by atomic mass is 10.1. The third-order valence-corrected chi connectivity index (χ3v) is 6.39. The highest BCUT2D eigenvalue weighted by Gasteiger charge is 2.34. The number of nitrogens with zero attached hydrogens (tertiary/aromatic N) is 3. The van der Waals surface area contributed by atoms with Crippen molar-refractivity contribution in [3.05, 3.63) is 87.6 Å². The first-order valence-electron chi connectivity index (χ1n) is 9.88. The van der Waals surface area contributed by atoms with Crippen LogP contribution in [0, 0.1) is 5.82 Å². The molecule has 1 aromatic heterocycles. The maximum Gasteiger partial charge on any atom is 0.418 e. The average Bonchev–Trinajstić information content (AvgIpc) is 3.23. The van der Waals surface area contributed by atoms with Gasteiger partial charge in [0, 0.05) is 20.7 Å². The van der Waals surface area contributed by atoms with E-state index in [1.165, 1.54) is 36.4 Å². The van der Waals surface area contributed by atoms with E-state index in [1.54, 1.807) is 28.8 Å². The van der Waals surface area contributed by atoms with Crippen LogP contribution in [0.4, 0.5) is 23.2 Å². The van der Waals surface area contributed by atoms with Crippen LogP contribution in [0.2, 0.25) is 5.02 Å². The van der Waals surface area contributed by atoms with Gasteiger partial charge in [0.2, 0.25) is 5.91 Å². The van der Waals surface area contributed by atoms with Crippen molar-refractivity contribution in [2.75, 3.05) is 11.1 Å². The lowest BCUT2D eigenvalue weighted by Crippen LogP contribution is -2.18. The molecule has 0 radical (unpaired) electrons. The molecule has 0 saturated heterocycles. The first kappa shape index (κ1) is 25.2. The number of alkyl halides is 3. The Kier molecular flexibility index (Phi) is 7.48. The minimum absolute atomic E-state index is 0.235. The van der Waals surface area contributed by atoms with Gasteiger partial charge in [-0.15, -0.1) is 10.2 Å². The van der Waals surface area contributed by atoms with Gasteiger partial charge in [-0.2, -0.15) is 13.2 Å². The molecule has 12 heteroatoms. The van der Waals surface area contributed by atoms with E-state index >= 15 is 0 Å². The maximum atomic E-state index is 13.5. The lowest BCUT2D eigenvalue weighted by Gasteiger charge is -2.14. The molecule has 1 amide bonds. The SMILES string of the molecule is O=C(CSc1nnc(-c2ccc(Cl)cc2)n1-c1ccc(F)cc1)Nc1ccc(Br)cc1C(F)(F)F. The van der Waals surface area contributed by atoms with Crippen molar-refractivity contribution in [2.24, 2.45) is 0 Å². The summed E-state index contributed by atoms with van der Waals surface area (Å²) < 4.78 is 55.4. The number of nitrogens with one attached hydrogen (secondary N) is 1. The molecule has 0 unspecified atom stereocenters. The van der Waals surface area contributed by atoms with Crippen LogP contribution in [0.5, 0.6) is 0 Å². The molecule has 35 heavy (non-hydrogen) atoms. The van der Waals surface area contributed by atoms with E-state index in [1.807, 2.05) is 0 Å². The van der Waals surface area contributed by atoms with Gasteiger partial charge in [-0.25, -0.2) is 4.39 Å². The molecule has 180 valence electrons. The molecular formula is C23H14BrClF4N4OS. The minimum Gasteiger partial charge on any atom is -0.325 e. The number of hydrogen-bond acceptors (Lipinski definition) is 4. The fourth-order valence-electron chi connectivity index (χ4n) is 3.15. The number of aromatic nitrogens is 3. The third-order valence-electron chi connectivity index (χ3n) is 4.71. The number of anilines is 1. The Hall–Kier alpha value is -2.89. The van der Waals surface area contributed by atoms with Crippen molar-refractivity contribution in [1.29, 1.82) is 0 Å². The predicted molar refractivity (Wildman–Crippen MR) is 130 cm³/mol. The van der Waals surface area contributed by atoms with Crippen molar-refractivity contribution in [3.63, 3.8) is 0 Å². The lowest BCUT2D eigenvalue weighted by molar-refractivity contribution is -0.137. The Bertz CT molecular complexity index is 1360. The largest absolute Gasteiger partial charge is 0.418 e. The van der Waals surface area contributed by atoms with Gasteiger partial charge in [0.15, 0.2) is 11.0 Å². The van der Waals surface area contributed by atoms with Crippen molar-refractivity contribution >= 4 is 50.9 Å². The summed E-state index contributed by atoms with van der Waals surface area (Å²) in [7, 11) is 0. The van der Waals surface area contributed by atoms with Gasteiger partial charge in [0.05, 0.1) is 17.0 Å². The van der Waals surface area contributed by atoms with Gasteiger partial charge in [0.25, 0.3) is 0 Å². The van der Waals surface area contributed by atoms with E-state index in [2.05, 4.69) is 31.4 Å². The number of rotatable bonds is 6. The van der Waals surface area contributed by atoms with Crippen LogP contribution in [0.3, 0.4) is 0 Å². The zero-order valence-corrected chi connectivity index (χ0v) is 20.6. The Morgan fingerprint density at radius 1 is 1.03 bits per heavy atom. The van der Waals surface area contributed by atoms with Crippen molar-refractivity contribution in [1.82, 2.24) is 14.8 Å². The number of benzene rings is 3. The Balaban J connectivity index is 1.60. The minimum atomic E-state index is -4.64. The van der Waals surface area contributed by atoms with Crippen LogP contribution in [0.25, 0.3) is 17.1 Å². The first-order valence-corrected chi connectivity index (χ1v) is 12.0. The van der Waals surface area contributed by atoms with Gasteiger partial charge in [0.1, 0.15) is 5.82 Å². The fraction of sp³-hybridized carbons (Fsp3) is 0.0870. The first-order chi connectivity index (χ1) is 16.6. The molecule has 0 fully saturated rings. The number of carbonyl (C=O) groups excluding carboxylic acids is 1. The molecule has 0 bridgehead atoms. The number of halogens is 6. The Morgan fingerprint density at radius 3 is 2.37 bits per heavy atom. The highest BCUT2D eigenvalue weighted by Crippen LogP contribution is 2.37. The summed E-state index contributed by atoms with van der Waals surface area (Å²) >= 11 is 9.96. The smallest absolute Gasteiger partial charge is 0.325 e. The van der Waals surface area contributed by atoms with Crippen molar-refractivity contribution in [3.8, 4) is 17.1 Å². The summed E-state index contributed by atoms with van der Waals surface area (Å²) in [6.45, 7) is 0. The molecule has 0 spiro atoms.